The summed E-state index contributed by atoms with van der Waals surface area (Å²) in [6, 6.07) is 9.49. The molecule has 2 nitrogen and oxygen atoms in total. The Morgan fingerprint density at radius 2 is 1.95 bits per heavy atom. The smallest absolute Gasteiger partial charge is 0.419 e. The molecule has 2 rings (SSSR count). The molecule has 0 spiro atoms. The third-order valence-electron chi connectivity index (χ3n) is 2.85. The molecule has 21 heavy (non-hydrogen) atoms. The standard InChI is InChI=1S/C15H13BrF3NO/c16-10-11-4-5-14(13(9-11)15(17,18)19)21-8-6-12-3-1-2-7-20-12/h1-5,7,9H,6,8,10H2. The maximum Gasteiger partial charge on any atom is 0.419 e. The van der Waals surface area contributed by atoms with E-state index in [2.05, 4.69) is 20.9 Å². The molecule has 6 heteroatoms. The van der Waals surface area contributed by atoms with Gasteiger partial charge in [0.15, 0.2) is 0 Å². The van der Waals surface area contributed by atoms with Crippen LogP contribution in [0, 0.1) is 0 Å². The quantitative estimate of drug-likeness (QED) is 0.726. The Morgan fingerprint density at radius 1 is 1.14 bits per heavy atom. The summed E-state index contributed by atoms with van der Waals surface area (Å²) in [5.41, 5.74) is 0.586. The summed E-state index contributed by atoms with van der Waals surface area (Å²) < 4.78 is 44.3. The highest BCUT2D eigenvalue weighted by molar-refractivity contribution is 9.08. The van der Waals surface area contributed by atoms with Crippen molar-refractivity contribution in [2.75, 3.05) is 6.61 Å². The van der Waals surface area contributed by atoms with Crippen LogP contribution in [0.4, 0.5) is 13.2 Å². The summed E-state index contributed by atoms with van der Waals surface area (Å²) in [5.74, 6) is -0.150. The minimum atomic E-state index is -4.43. The molecule has 1 aromatic heterocycles. The van der Waals surface area contributed by atoms with Gasteiger partial charge in [-0.05, 0) is 29.8 Å². The molecule has 0 aliphatic carbocycles. The van der Waals surface area contributed by atoms with Crippen LogP contribution in [0.2, 0.25) is 0 Å². The Bertz CT molecular complexity index is 587. The number of rotatable bonds is 5. The average Bonchev–Trinajstić information content (AvgIpc) is 2.47. The van der Waals surface area contributed by atoms with Crippen molar-refractivity contribution in [1.82, 2.24) is 4.98 Å². The molecule has 0 atom stereocenters. The van der Waals surface area contributed by atoms with E-state index in [1.165, 1.54) is 6.07 Å². The van der Waals surface area contributed by atoms with E-state index >= 15 is 0 Å². The Labute approximate surface area is 129 Å². The van der Waals surface area contributed by atoms with E-state index < -0.39 is 11.7 Å². The van der Waals surface area contributed by atoms with Gasteiger partial charge in [0, 0.05) is 23.6 Å². The lowest BCUT2D eigenvalue weighted by atomic mass is 10.1. The van der Waals surface area contributed by atoms with Crippen molar-refractivity contribution >= 4 is 15.9 Å². The van der Waals surface area contributed by atoms with Gasteiger partial charge in [-0.2, -0.15) is 13.2 Å². The predicted molar refractivity (Wildman–Crippen MR) is 77.5 cm³/mol. The SMILES string of the molecule is FC(F)(F)c1cc(CBr)ccc1OCCc1ccccn1. The minimum absolute atomic E-state index is 0.147. The summed E-state index contributed by atoms with van der Waals surface area (Å²) in [7, 11) is 0. The van der Waals surface area contributed by atoms with Crippen molar-refractivity contribution in [3.05, 3.63) is 59.4 Å². The van der Waals surface area contributed by atoms with Crippen LogP contribution in [0.3, 0.4) is 0 Å². The fraction of sp³-hybridized carbons (Fsp3) is 0.267. The highest BCUT2D eigenvalue weighted by Gasteiger charge is 2.34. The van der Waals surface area contributed by atoms with E-state index in [1.807, 2.05) is 12.1 Å². The molecule has 2 aromatic rings. The first-order chi connectivity index (χ1) is 10.0. The second kappa shape index (κ2) is 6.93. The van der Waals surface area contributed by atoms with E-state index in [-0.39, 0.29) is 12.4 Å². The van der Waals surface area contributed by atoms with Crippen molar-refractivity contribution in [1.29, 1.82) is 0 Å². The van der Waals surface area contributed by atoms with Crippen LogP contribution < -0.4 is 4.74 Å². The molecule has 0 unspecified atom stereocenters. The normalized spacial score (nSPS) is 11.4. The van der Waals surface area contributed by atoms with Gasteiger partial charge in [-0.25, -0.2) is 0 Å². The van der Waals surface area contributed by atoms with Crippen LogP contribution in [-0.4, -0.2) is 11.6 Å². The third-order valence-corrected chi connectivity index (χ3v) is 3.49. The average molecular weight is 360 g/mol. The number of hydrogen-bond acceptors (Lipinski definition) is 2. The maximum atomic E-state index is 13.0. The molecular weight excluding hydrogens is 347 g/mol. The summed E-state index contributed by atoms with van der Waals surface area (Å²) in [4.78, 5) is 4.10. The van der Waals surface area contributed by atoms with Gasteiger partial charge in [0.25, 0.3) is 0 Å². The first-order valence-electron chi connectivity index (χ1n) is 6.29. The Kier molecular flexibility index (Phi) is 5.22. The van der Waals surface area contributed by atoms with E-state index in [9.17, 15) is 13.2 Å². The lowest BCUT2D eigenvalue weighted by Crippen LogP contribution is -2.11. The van der Waals surface area contributed by atoms with E-state index in [1.54, 1.807) is 18.3 Å². The van der Waals surface area contributed by atoms with Gasteiger partial charge in [-0.15, -0.1) is 0 Å². The predicted octanol–water partition coefficient (Wildman–Crippen LogP) is 4.62. The number of ether oxygens (including phenoxy) is 1. The van der Waals surface area contributed by atoms with Crippen LogP contribution in [0.1, 0.15) is 16.8 Å². The number of alkyl halides is 4. The lowest BCUT2D eigenvalue weighted by molar-refractivity contribution is -0.139. The minimum Gasteiger partial charge on any atom is -0.493 e. The Balaban J connectivity index is 2.09. The van der Waals surface area contributed by atoms with Gasteiger partial charge < -0.3 is 4.74 Å². The van der Waals surface area contributed by atoms with Gasteiger partial charge in [-0.1, -0.05) is 28.1 Å². The molecule has 0 bridgehead atoms. The molecule has 0 aliphatic rings. The van der Waals surface area contributed by atoms with Gasteiger partial charge in [0.2, 0.25) is 0 Å². The number of hydrogen-bond donors (Lipinski definition) is 0. The lowest BCUT2D eigenvalue weighted by Gasteiger charge is -2.15. The zero-order valence-corrected chi connectivity index (χ0v) is 12.6. The molecule has 112 valence electrons. The monoisotopic (exact) mass is 359 g/mol. The van der Waals surface area contributed by atoms with E-state index in [0.717, 1.165) is 11.8 Å². The highest BCUT2D eigenvalue weighted by Crippen LogP contribution is 2.37. The van der Waals surface area contributed by atoms with Gasteiger partial charge in [0.05, 0.1) is 12.2 Å². The Hall–Kier alpha value is -1.56. The summed E-state index contributed by atoms with van der Waals surface area (Å²) in [6.07, 6.45) is -2.34. The molecule has 0 aliphatic heterocycles. The summed E-state index contributed by atoms with van der Waals surface area (Å²) >= 11 is 3.15. The van der Waals surface area contributed by atoms with Crippen LogP contribution in [0.15, 0.2) is 42.6 Å². The second-order valence-electron chi connectivity index (χ2n) is 4.38. The number of pyridine rings is 1. The molecule has 0 saturated heterocycles. The molecule has 0 amide bonds. The van der Waals surface area contributed by atoms with Gasteiger partial charge in [0.1, 0.15) is 5.75 Å². The van der Waals surface area contributed by atoms with Crippen molar-refractivity contribution < 1.29 is 17.9 Å². The number of halogens is 4. The molecule has 0 fully saturated rings. The fourth-order valence-electron chi connectivity index (χ4n) is 1.82. The first-order valence-corrected chi connectivity index (χ1v) is 7.41. The van der Waals surface area contributed by atoms with Crippen LogP contribution in [-0.2, 0) is 17.9 Å². The molecule has 0 saturated carbocycles. The zero-order valence-electron chi connectivity index (χ0n) is 11.0. The number of nitrogens with zero attached hydrogens (tertiary/aromatic N) is 1. The molecule has 1 heterocycles. The van der Waals surface area contributed by atoms with Crippen molar-refractivity contribution in [3.8, 4) is 5.75 Å². The molecule has 1 aromatic carbocycles. The van der Waals surface area contributed by atoms with Crippen molar-refractivity contribution in [3.63, 3.8) is 0 Å². The molecule has 0 N–H and O–H groups in total. The van der Waals surface area contributed by atoms with E-state index in [4.69, 9.17) is 4.74 Å². The van der Waals surface area contributed by atoms with Gasteiger partial charge in [-0.3, -0.25) is 4.98 Å². The van der Waals surface area contributed by atoms with Gasteiger partial charge >= 0.3 is 6.18 Å². The third kappa shape index (κ3) is 4.46. The zero-order chi connectivity index (χ0) is 15.3. The van der Waals surface area contributed by atoms with Crippen molar-refractivity contribution in [2.24, 2.45) is 0 Å². The maximum absolute atomic E-state index is 13.0. The number of benzene rings is 1. The number of aromatic nitrogens is 1. The van der Waals surface area contributed by atoms with E-state index in [0.29, 0.717) is 17.3 Å². The molecule has 0 radical (unpaired) electrons. The van der Waals surface area contributed by atoms with Crippen LogP contribution >= 0.6 is 15.9 Å². The topological polar surface area (TPSA) is 22.1 Å². The van der Waals surface area contributed by atoms with Crippen LogP contribution in [0.25, 0.3) is 0 Å². The second-order valence-corrected chi connectivity index (χ2v) is 4.94. The Morgan fingerprint density at radius 3 is 2.57 bits per heavy atom. The fourth-order valence-corrected chi connectivity index (χ4v) is 2.17. The first kappa shape index (κ1) is 15.8. The highest BCUT2D eigenvalue weighted by atomic mass is 79.9. The van der Waals surface area contributed by atoms with Crippen LogP contribution in [0.5, 0.6) is 5.75 Å². The molecular formula is C15H13BrF3NO. The van der Waals surface area contributed by atoms with Crippen molar-refractivity contribution in [2.45, 2.75) is 17.9 Å². The summed E-state index contributed by atoms with van der Waals surface area (Å²) in [6.45, 7) is 0.147. The largest absolute Gasteiger partial charge is 0.493 e. The summed E-state index contributed by atoms with van der Waals surface area (Å²) in [5, 5.41) is 0.365.